The SMILES string of the molecule is Cc1cc(C(=O)N2C[C@@H]3COC[C@H](C2)N(c2nc4ccccc4o2)C3)no1. The van der Waals surface area contributed by atoms with Gasteiger partial charge in [-0.3, -0.25) is 4.79 Å². The Labute approximate surface area is 155 Å². The van der Waals surface area contributed by atoms with E-state index in [1.807, 2.05) is 29.2 Å². The van der Waals surface area contributed by atoms with Crippen LogP contribution in [0.4, 0.5) is 6.01 Å². The highest BCUT2D eigenvalue weighted by Crippen LogP contribution is 2.28. The van der Waals surface area contributed by atoms with Crippen molar-refractivity contribution in [3.05, 3.63) is 41.8 Å². The number of carbonyl (C=O) groups excluding carboxylic acids is 1. The van der Waals surface area contributed by atoms with Crippen molar-refractivity contribution in [2.75, 3.05) is 37.7 Å². The van der Waals surface area contributed by atoms with E-state index in [4.69, 9.17) is 13.7 Å². The zero-order valence-electron chi connectivity index (χ0n) is 15.0. The van der Waals surface area contributed by atoms with Gasteiger partial charge in [0.05, 0.1) is 19.3 Å². The van der Waals surface area contributed by atoms with Gasteiger partial charge in [0.1, 0.15) is 11.3 Å². The van der Waals surface area contributed by atoms with Crippen LogP contribution in [0.3, 0.4) is 0 Å². The first-order valence-corrected chi connectivity index (χ1v) is 9.10. The van der Waals surface area contributed by atoms with Crippen LogP contribution in [0.1, 0.15) is 16.2 Å². The minimum Gasteiger partial charge on any atom is -0.423 e. The molecule has 2 aliphatic rings. The Morgan fingerprint density at radius 3 is 2.89 bits per heavy atom. The zero-order chi connectivity index (χ0) is 18.4. The Balaban J connectivity index is 1.45. The molecule has 2 fully saturated rings. The summed E-state index contributed by atoms with van der Waals surface area (Å²) in [5, 5.41) is 3.88. The topological polar surface area (TPSA) is 84.8 Å². The Kier molecular flexibility index (Phi) is 3.86. The molecular weight excluding hydrogens is 348 g/mol. The van der Waals surface area contributed by atoms with Crippen LogP contribution >= 0.6 is 0 Å². The van der Waals surface area contributed by atoms with Crippen molar-refractivity contribution in [3.63, 3.8) is 0 Å². The quantitative estimate of drug-likeness (QED) is 0.685. The fraction of sp³-hybridized carbons (Fsp3) is 0.421. The molecule has 3 aromatic rings. The first kappa shape index (κ1) is 16.3. The van der Waals surface area contributed by atoms with Gasteiger partial charge in [-0.05, 0) is 19.1 Å². The lowest BCUT2D eigenvalue weighted by molar-refractivity contribution is 0.0488. The molecule has 1 aromatic carbocycles. The summed E-state index contributed by atoms with van der Waals surface area (Å²) in [5.74, 6) is 0.692. The van der Waals surface area contributed by atoms with E-state index < -0.39 is 0 Å². The van der Waals surface area contributed by atoms with Crippen molar-refractivity contribution in [1.82, 2.24) is 15.0 Å². The monoisotopic (exact) mass is 368 g/mol. The van der Waals surface area contributed by atoms with Crippen LogP contribution in [0.2, 0.25) is 0 Å². The summed E-state index contributed by atoms with van der Waals surface area (Å²) in [6.07, 6.45) is 0. The normalized spacial score (nSPS) is 22.9. The van der Waals surface area contributed by atoms with Gasteiger partial charge in [0, 0.05) is 31.6 Å². The van der Waals surface area contributed by atoms with Gasteiger partial charge >= 0.3 is 0 Å². The standard InChI is InChI=1S/C19H20N4O4/c1-12-6-16(21-27-12)18(24)22-7-13-8-23(14(9-22)11-25-10-13)19-20-15-4-2-3-5-17(15)26-19/h2-6,13-14H,7-11H2,1H3/t13-,14-/m0/s1. The Morgan fingerprint density at radius 2 is 2.07 bits per heavy atom. The van der Waals surface area contributed by atoms with Crippen LogP contribution in [0, 0.1) is 12.8 Å². The van der Waals surface area contributed by atoms with Crippen LogP contribution in [-0.2, 0) is 4.74 Å². The van der Waals surface area contributed by atoms with Gasteiger partial charge in [-0.1, -0.05) is 17.3 Å². The number of anilines is 1. The lowest BCUT2D eigenvalue weighted by atomic mass is 10.1. The highest BCUT2D eigenvalue weighted by atomic mass is 16.5. The Morgan fingerprint density at radius 1 is 1.19 bits per heavy atom. The van der Waals surface area contributed by atoms with Crippen molar-refractivity contribution in [2.45, 2.75) is 13.0 Å². The molecule has 140 valence electrons. The number of hydrogen-bond acceptors (Lipinski definition) is 7. The molecule has 5 rings (SSSR count). The summed E-state index contributed by atoms with van der Waals surface area (Å²) in [6.45, 7) is 4.78. The lowest BCUT2D eigenvalue weighted by Crippen LogP contribution is -2.46. The molecule has 8 heteroatoms. The number of rotatable bonds is 2. The Hall–Kier alpha value is -2.87. The number of para-hydroxylation sites is 2. The number of oxazole rings is 1. The smallest absolute Gasteiger partial charge is 0.298 e. The number of nitrogens with zero attached hydrogens (tertiary/aromatic N) is 4. The highest BCUT2D eigenvalue weighted by molar-refractivity contribution is 5.92. The number of benzene rings is 1. The molecule has 0 spiro atoms. The molecule has 0 unspecified atom stereocenters. The molecule has 2 bridgehead atoms. The third kappa shape index (κ3) is 2.95. The number of amides is 1. The average molecular weight is 368 g/mol. The van der Waals surface area contributed by atoms with E-state index in [9.17, 15) is 4.79 Å². The van der Waals surface area contributed by atoms with Crippen LogP contribution in [0.25, 0.3) is 11.1 Å². The third-order valence-electron chi connectivity index (χ3n) is 5.13. The first-order chi connectivity index (χ1) is 13.2. The van der Waals surface area contributed by atoms with Crippen LogP contribution in [0.5, 0.6) is 0 Å². The Bertz CT molecular complexity index is 948. The molecule has 2 aromatic heterocycles. The number of carbonyl (C=O) groups is 1. The van der Waals surface area contributed by atoms with Gasteiger partial charge in [-0.25, -0.2) is 0 Å². The van der Waals surface area contributed by atoms with Crippen LogP contribution in [-0.4, -0.2) is 59.8 Å². The number of fused-ring (bicyclic) bond motifs is 4. The molecule has 1 amide bonds. The van der Waals surface area contributed by atoms with Gasteiger partial charge in [0.25, 0.3) is 11.9 Å². The van der Waals surface area contributed by atoms with Gasteiger partial charge in [0.2, 0.25) is 0 Å². The fourth-order valence-corrected chi connectivity index (χ4v) is 3.86. The zero-order valence-corrected chi connectivity index (χ0v) is 15.0. The van der Waals surface area contributed by atoms with Crippen LogP contribution in [0.15, 0.2) is 39.3 Å². The first-order valence-electron chi connectivity index (χ1n) is 9.10. The predicted octanol–water partition coefficient (Wildman–Crippen LogP) is 2.10. The van der Waals surface area contributed by atoms with Gasteiger partial charge in [-0.2, -0.15) is 4.98 Å². The van der Waals surface area contributed by atoms with Gasteiger partial charge < -0.3 is 23.5 Å². The molecule has 0 radical (unpaired) electrons. The summed E-state index contributed by atoms with van der Waals surface area (Å²) in [7, 11) is 0. The maximum absolute atomic E-state index is 12.9. The van der Waals surface area contributed by atoms with E-state index in [1.165, 1.54) is 0 Å². The molecule has 0 aliphatic carbocycles. The number of ether oxygens (including phenoxy) is 1. The summed E-state index contributed by atoms with van der Waals surface area (Å²) >= 11 is 0. The number of aromatic nitrogens is 2. The van der Waals surface area contributed by atoms with E-state index in [2.05, 4.69) is 15.0 Å². The summed E-state index contributed by atoms with van der Waals surface area (Å²) in [6, 6.07) is 9.96. The van der Waals surface area contributed by atoms with E-state index in [0.29, 0.717) is 43.8 Å². The number of aryl methyl sites for hydroxylation is 1. The molecular formula is C19H20N4O4. The average Bonchev–Trinajstić information content (AvgIpc) is 3.16. The van der Waals surface area contributed by atoms with Crippen molar-refractivity contribution in [3.8, 4) is 0 Å². The minimum absolute atomic E-state index is 0.0255. The molecule has 2 atom stereocenters. The van der Waals surface area contributed by atoms with E-state index in [1.54, 1.807) is 13.0 Å². The molecule has 0 saturated carbocycles. The van der Waals surface area contributed by atoms with Gasteiger partial charge in [0.15, 0.2) is 11.3 Å². The van der Waals surface area contributed by atoms with E-state index in [0.717, 1.165) is 17.6 Å². The summed E-state index contributed by atoms with van der Waals surface area (Å²) in [4.78, 5) is 21.5. The molecule has 0 N–H and O–H groups in total. The van der Waals surface area contributed by atoms with Crippen LogP contribution < -0.4 is 4.90 Å². The second kappa shape index (κ2) is 6.38. The van der Waals surface area contributed by atoms with Gasteiger partial charge in [-0.15, -0.1) is 0 Å². The van der Waals surface area contributed by atoms with Crippen molar-refractivity contribution in [2.24, 2.45) is 5.92 Å². The summed E-state index contributed by atoms with van der Waals surface area (Å²) in [5.41, 5.74) is 1.94. The predicted molar refractivity (Wildman–Crippen MR) is 96.6 cm³/mol. The van der Waals surface area contributed by atoms with E-state index in [-0.39, 0.29) is 17.9 Å². The summed E-state index contributed by atoms with van der Waals surface area (Å²) < 4.78 is 16.9. The van der Waals surface area contributed by atoms with Crippen molar-refractivity contribution < 1.29 is 18.5 Å². The largest absolute Gasteiger partial charge is 0.423 e. The van der Waals surface area contributed by atoms with E-state index >= 15 is 0 Å². The number of hydrogen-bond donors (Lipinski definition) is 0. The minimum atomic E-state index is -0.108. The maximum Gasteiger partial charge on any atom is 0.298 e. The maximum atomic E-state index is 12.9. The van der Waals surface area contributed by atoms with Crippen molar-refractivity contribution >= 4 is 23.0 Å². The third-order valence-corrected chi connectivity index (χ3v) is 5.13. The molecule has 27 heavy (non-hydrogen) atoms. The fourth-order valence-electron chi connectivity index (χ4n) is 3.86. The lowest BCUT2D eigenvalue weighted by Gasteiger charge is -2.30. The molecule has 8 nitrogen and oxygen atoms in total. The molecule has 2 saturated heterocycles. The highest BCUT2D eigenvalue weighted by Gasteiger charge is 2.37. The second-order valence-electron chi connectivity index (χ2n) is 7.21. The second-order valence-corrected chi connectivity index (χ2v) is 7.21. The molecule has 2 aliphatic heterocycles. The molecule has 4 heterocycles. The van der Waals surface area contributed by atoms with Crippen molar-refractivity contribution in [1.29, 1.82) is 0 Å².